The molecule has 0 unspecified atom stereocenters. The Morgan fingerprint density at radius 1 is 1.32 bits per heavy atom. The summed E-state index contributed by atoms with van der Waals surface area (Å²) in [5.74, 6) is 0.733. The first-order valence-electron chi connectivity index (χ1n) is 7.33. The molecule has 2 rings (SSSR count). The zero-order valence-corrected chi connectivity index (χ0v) is 14.2. The Morgan fingerprint density at radius 3 is 2.77 bits per heavy atom. The van der Waals surface area contributed by atoms with Crippen LogP contribution >= 0.6 is 11.8 Å². The van der Waals surface area contributed by atoms with E-state index < -0.39 is 0 Å². The van der Waals surface area contributed by atoms with Crippen molar-refractivity contribution in [2.45, 2.75) is 45.4 Å². The Morgan fingerprint density at radius 2 is 2.09 bits per heavy atom. The number of aromatic nitrogens is 2. The third-order valence-electron chi connectivity index (χ3n) is 3.51. The molecule has 5 nitrogen and oxygen atoms in total. The van der Waals surface area contributed by atoms with Crippen LogP contribution in [0.1, 0.15) is 31.4 Å². The van der Waals surface area contributed by atoms with Crippen molar-refractivity contribution in [2.24, 2.45) is 0 Å². The van der Waals surface area contributed by atoms with Crippen LogP contribution in [0.15, 0.2) is 27.8 Å². The molecule has 2 aromatic rings. The largest absolute Gasteiger partial charge is 0.411 e. The zero-order chi connectivity index (χ0) is 16.1. The minimum atomic E-state index is -0.0229. The molecule has 0 fully saturated rings. The maximum atomic E-state index is 11.7. The highest BCUT2D eigenvalue weighted by Crippen LogP contribution is 2.24. The second-order valence-corrected chi connectivity index (χ2v) is 6.26. The number of benzene rings is 1. The third kappa shape index (κ3) is 4.34. The van der Waals surface area contributed by atoms with E-state index >= 15 is 0 Å². The molecule has 1 heterocycles. The molecule has 1 N–H and O–H groups in total. The first kappa shape index (κ1) is 16.5. The standard InChI is InChI=1S/C16H21N3O2S/c1-5-12(4)17-14(20)9-22-16-19-18-15(21-16)13-7-6-10(2)11(3)8-13/h6-8,12H,5,9H2,1-4H3,(H,17,20)/t12-/m0/s1. The van der Waals surface area contributed by atoms with E-state index in [0.717, 1.165) is 12.0 Å². The molecule has 1 aromatic carbocycles. The van der Waals surface area contributed by atoms with Gasteiger partial charge in [-0.2, -0.15) is 0 Å². The van der Waals surface area contributed by atoms with Crippen molar-refractivity contribution in [1.82, 2.24) is 15.5 Å². The van der Waals surface area contributed by atoms with Crippen LogP contribution in [0.3, 0.4) is 0 Å². The van der Waals surface area contributed by atoms with Crippen LogP contribution in [0, 0.1) is 13.8 Å². The summed E-state index contributed by atoms with van der Waals surface area (Å²) in [6.45, 7) is 8.12. The van der Waals surface area contributed by atoms with Gasteiger partial charge in [-0.25, -0.2) is 0 Å². The highest BCUT2D eigenvalue weighted by Gasteiger charge is 2.12. The highest BCUT2D eigenvalue weighted by atomic mass is 32.2. The number of amides is 1. The predicted molar refractivity (Wildman–Crippen MR) is 87.8 cm³/mol. The molecule has 0 aliphatic carbocycles. The molecule has 0 saturated carbocycles. The summed E-state index contributed by atoms with van der Waals surface area (Å²) in [7, 11) is 0. The van der Waals surface area contributed by atoms with Crippen LogP contribution < -0.4 is 5.32 Å². The van der Waals surface area contributed by atoms with Gasteiger partial charge in [-0.05, 0) is 50.5 Å². The van der Waals surface area contributed by atoms with Crippen molar-refractivity contribution in [3.8, 4) is 11.5 Å². The fourth-order valence-corrected chi connectivity index (χ4v) is 2.38. The Hall–Kier alpha value is -1.82. The molecule has 1 aromatic heterocycles. The SMILES string of the molecule is CC[C@H](C)NC(=O)CSc1nnc(-c2ccc(C)c(C)c2)o1. The molecular weight excluding hydrogens is 298 g/mol. The van der Waals surface area contributed by atoms with Gasteiger partial charge in [0.15, 0.2) is 0 Å². The van der Waals surface area contributed by atoms with Gasteiger partial charge in [-0.15, -0.1) is 10.2 Å². The second-order valence-electron chi connectivity index (χ2n) is 5.34. The van der Waals surface area contributed by atoms with E-state index in [1.54, 1.807) is 0 Å². The number of aryl methyl sites for hydroxylation is 2. The molecular formula is C16H21N3O2S. The summed E-state index contributed by atoms with van der Waals surface area (Å²) in [6.07, 6.45) is 0.911. The van der Waals surface area contributed by atoms with Crippen molar-refractivity contribution < 1.29 is 9.21 Å². The van der Waals surface area contributed by atoms with Crippen molar-refractivity contribution >= 4 is 17.7 Å². The van der Waals surface area contributed by atoms with Gasteiger partial charge >= 0.3 is 0 Å². The van der Waals surface area contributed by atoms with Crippen molar-refractivity contribution in [1.29, 1.82) is 0 Å². The van der Waals surface area contributed by atoms with Gasteiger partial charge in [-0.3, -0.25) is 4.79 Å². The number of rotatable bonds is 6. The third-order valence-corrected chi connectivity index (χ3v) is 4.33. The van der Waals surface area contributed by atoms with Crippen LogP contribution in [-0.2, 0) is 4.79 Å². The Balaban J connectivity index is 1.96. The van der Waals surface area contributed by atoms with Gasteiger partial charge in [0.25, 0.3) is 5.22 Å². The van der Waals surface area contributed by atoms with E-state index in [9.17, 15) is 4.79 Å². The predicted octanol–water partition coefficient (Wildman–Crippen LogP) is 3.36. The fraction of sp³-hybridized carbons (Fsp3) is 0.438. The van der Waals surface area contributed by atoms with E-state index in [0.29, 0.717) is 11.1 Å². The zero-order valence-electron chi connectivity index (χ0n) is 13.3. The quantitative estimate of drug-likeness (QED) is 0.827. The first-order valence-corrected chi connectivity index (χ1v) is 8.31. The fourth-order valence-electron chi connectivity index (χ4n) is 1.81. The molecule has 1 atom stereocenters. The lowest BCUT2D eigenvalue weighted by Crippen LogP contribution is -2.33. The lowest BCUT2D eigenvalue weighted by Gasteiger charge is -2.09. The van der Waals surface area contributed by atoms with Crippen LogP contribution in [0.2, 0.25) is 0 Å². The Kier molecular flexibility index (Phi) is 5.60. The van der Waals surface area contributed by atoms with Gasteiger partial charge < -0.3 is 9.73 Å². The van der Waals surface area contributed by atoms with E-state index in [2.05, 4.69) is 22.4 Å². The molecule has 6 heteroatoms. The number of hydrogen-bond acceptors (Lipinski definition) is 5. The van der Waals surface area contributed by atoms with Gasteiger partial charge in [0.05, 0.1) is 5.75 Å². The molecule has 118 valence electrons. The summed E-state index contributed by atoms with van der Waals surface area (Å²) >= 11 is 1.25. The monoisotopic (exact) mass is 319 g/mol. The molecule has 0 aliphatic rings. The number of thioether (sulfide) groups is 1. The van der Waals surface area contributed by atoms with Gasteiger partial charge in [0.1, 0.15) is 0 Å². The minimum absolute atomic E-state index is 0.0229. The highest BCUT2D eigenvalue weighted by molar-refractivity contribution is 7.99. The van der Waals surface area contributed by atoms with E-state index in [-0.39, 0.29) is 17.7 Å². The molecule has 0 bridgehead atoms. The Bertz CT molecular complexity index is 655. The van der Waals surface area contributed by atoms with Crippen LogP contribution in [0.5, 0.6) is 0 Å². The summed E-state index contributed by atoms with van der Waals surface area (Å²) in [4.78, 5) is 11.7. The minimum Gasteiger partial charge on any atom is -0.411 e. The molecule has 0 spiro atoms. The number of carbonyl (C=O) groups is 1. The van der Waals surface area contributed by atoms with Crippen LogP contribution in [0.25, 0.3) is 11.5 Å². The normalized spacial score (nSPS) is 12.2. The second kappa shape index (κ2) is 7.45. The van der Waals surface area contributed by atoms with Gasteiger partial charge in [-0.1, -0.05) is 24.8 Å². The van der Waals surface area contributed by atoms with E-state index in [4.69, 9.17) is 4.42 Å². The van der Waals surface area contributed by atoms with E-state index in [1.165, 1.54) is 22.9 Å². The number of hydrogen-bond donors (Lipinski definition) is 1. The van der Waals surface area contributed by atoms with Crippen molar-refractivity contribution in [2.75, 3.05) is 5.75 Å². The summed E-state index contributed by atoms with van der Waals surface area (Å²) in [6, 6.07) is 6.19. The average Bonchev–Trinajstić information content (AvgIpc) is 2.96. The first-order chi connectivity index (χ1) is 10.5. The van der Waals surface area contributed by atoms with E-state index in [1.807, 2.05) is 39.0 Å². The number of carbonyl (C=O) groups excluding carboxylic acids is 1. The maximum absolute atomic E-state index is 11.7. The maximum Gasteiger partial charge on any atom is 0.277 e. The molecule has 22 heavy (non-hydrogen) atoms. The number of nitrogens with one attached hydrogen (secondary N) is 1. The van der Waals surface area contributed by atoms with Crippen molar-refractivity contribution in [3.05, 3.63) is 29.3 Å². The number of nitrogens with zero attached hydrogens (tertiary/aromatic N) is 2. The molecule has 0 aliphatic heterocycles. The summed E-state index contributed by atoms with van der Waals surface area (Å²) in [5.41, 5.74) is 3.30. The molecule has 0 saturated heterocycles. The smallest absolute Gasteiger partial charge is 0.277 e. The van der Waals surface area contributed by atoms with Crippen LogP contribution in [-0.4, -0.2) is 27.9 Å². The molecule has 0 radical (unpaired) electrons. The average molecular weight is 319 g/mol. The van der Waals surface area contributed by atoms with Crippen LogP contribution in [0.4, 0.5) is 0 Å². The summed E-state index contributed by atoms with van der Waals surface area (Å²) < 4.78 is 5.61. The lowest BCUT2D eigenvalue weighted by molar-refractivity contribution is -0.119. The Labute approximate surface area is 134 Å². The molecule has 1 amide bonds. The van der Waals surface area contributed by atoms with Gasteiger partial charge in [0.2, 0.25) is 11.8 Å². The lowest BCUT2D eigenvalue weighted by atomic mass is 10.1. The topological polar surface area (TPSA) is 68.0 Å². The summed E-state index contributed by atoms with van der Waals surface area (Å²) in [5, 5.41) is 11.3. The van der Waals surface area contributed by atoms with Crippen molar-refractivity contribution in [3.63, 3.8) is 0 Å². The van der Waals surface area contributed by atoms with Gasteiger partial charge in [0, 0.05) is 11.6 Å².